The molecular formula is C23H27BrN2O2. The molecule has 1 heterocycles. The standard InChI is InChI=1S/C23H27BrN2O2/c1-3-14-26-21(16-17-8-6-5-7-9-17)22(23(27)28-4-2)20(25-26)15-18-10-12-19(24)13-11-18/h5-13,20,25H,3-4,14-16H2,1-2H3. The Labute approximate surface area is 175 Å². The molecule has 1 aliphatic rings. The molecule has 0 fully saturated rings. The van der Waals surface area contributed by atoms with E-state index in [1.807, 2.05) is 37.3 Å². The van der Waals surface area contributed by atoms with E-state index in [1.54, 1.807) is 0 Å². The van der Waals surface area contributed by atoms with E-state index in [0.717, 1.165) is 35.1 Å². The van der Waals surface area contributed by atoms with Crippen molar-refractivity contribution in [1.29, 1.82) is 0 Å². The van der Waals surface area contributed by atoms with Gasteiger partial charge in [-0.25, -0.2) is 10.2 Å². The molecule has 4 nitrogen and oxygen atoms in total. The van der Waals surface area contributed by atoms with Gasteiger partial charge in [-0.15, -0.1) is 0 Å². The summed E-state index contributed by atoms with van der Waals surface area (Å²) in [4.78, 5) is 12.9. The maximum Gasteiger partial charge on any atom is 0.337 e. The first-order valence-corrected chi connectivity index (χ1v) is 10.6. The zero-order valence-corrected chi connectivity index (χ0v) is 18.0. The van der Waals surface area contributed by atoms with Gasteiger partial charge in [-0.3, -0.25) is 0 Å². The third-order valence-electron chi connectivity index (χ3n) is 4.81. The highest BCUT2D eigenvalue weighted by Gasteiger charge is 2.35. The number of carbonyl (C=O) groups is 1. The summed E-state index contributed by atoms with van der Waals surface area (Å²) in [6.45, 7) is 5.22. The van der Waals surface area contributed by atoms with Gasteiger partial charge < -0.3 is 9.75 Å². The van der Waals surface area contributed by atoms with Crippen LogP contribution in [0.25, 0.3) is 0 Å². The number of nitrogens with one attached hydrogen (secondary N) is 1. The van der Waals surface area contributed by atoms with Crippen LogP contribution in [-0.4, -0.2) is 30.2 Å². The van der Waals surface area contributed by atoms with E-state index in [-0.39, 0.29) is 12.0 Å². The first-order chi connectivity index (χ1) is 13.6. The van der Waals surface area contributed by atoms with Crippen LogP contribution in [0.2, 0.25) is 0 Å². The molecule has 1 aliphatic heterocycles. The SMILES string of the molecule is CCCN1NC(Cc2ccc(Br)cc2)C(C(=O)OCC)=C1Cc1ccccc1. The number of ether oxygens (including phenoxy) is 1. The molecule has 1 N–H and O–H groups in total. The Hall–Kier alpha value is -2.11. The predicted molar refractivity (Wildman–Crippen MR) is 116 cm³/mol. The molecule has 0 amide bonds. The summed E-state index contributed by atoms with van der Waals surface area (Å²) in [5, 5.41) is 2.14. The second kappa shape index (κ2) is 9.89. The first-order valence-electron chi connectivity index (χ1n) is 9.84. The van der Waals surface area contributed by atoms with E-state index in [0.29, 0.717) is 13.0 Å². The van der Waals surface area contributed by atoms with Crippen molar-refractivity contribution < 1.29 is 9.53 Å². The van der Waals surface area contributed by atoms with Crippen LogP contribution in [0.4, 0.5) is 0 Å². The molecule has 0 bridgehead atoms. The van der Waals surface area contributed by atoms with Crippen molar-refractivity contribution in [3.05, 3.63) is 81.5 Å². The molecule has 1 atom stereocenters. The normalized spacial score (nSPS) is 16.5. The van der Waals surface area contributed by atoms with Gasteiger partial charge in [-0.2, -0.15) is 0 Å². The minimum Gasteiger partial charge on any atom is -0.463 e. The van der Waals surface area contributed by atoms with E-state index in [2.05, 4.69) is 57.6 Å². The molecule has 0 aromatic heterocycles. The number of nitrogens with zero attached hydrogens (tertiary/aromatic N) is 1. The number of esters is 1. The van der Waals surface area contributed by atoms with Gasteiger partial charge in [0.05, 0.1) is 18.2 Å². The van der Waals surface area contributed by atoms with Crippen molar-refractivity contribution in [3.8, 4) is 0 Å². The van der Waals surface area contributed by atoms with E-state index in [9.17, 15) is 4.79 Å². The molecule has 0 spiro atoms. The molecule has 1 unspecified atom stereocenters. The Balaban J connectivity index is 1.95. The topological polar surface area (TPSA) is 41.6 Å². The lowest BCUT2D eigenvalue weighted by Crippen LogP contribution is -2.40. The predicted octanol–water partition coefficient (Wildman–Crippen LogP) is 4.65. The minimum absolute atomic E-state index is 0.0921. The lowest BCUT2D eigenvalue weighted by Gasteiger charge is -2.23. The molecule has 3 rings (SSSR count). The Kier molecular flexibility index (Phi) is 7.29. The Morgan fingerprint density at radius 2 is 1.79 bits per heavy atom. The van der Waals surface area contributed by atoms with Gasteiger partial charge in [0.15, 0.2) is 0 Å². The van der Waals surface area contributed by atoms with Gasteiger partial charge in [-0.1, -0.05) is 65.3 Å². The molecule has 2 aromatic carbocycles. The van der Waals surface area contributed by atoms with Gasteiger partial charge >= 0.3 is 5.97 Å². The largest absolute Gasteiger partial charge is 0.463 e. The number of rotatable bonds is 8. The number of carbonyl (C=O) groups excluding carboxylic acids is 1. The van der Waals surface area contributed by atoms with Crippen molar-refractivity contribution in [2.45, 2.75) is 39.2 Å². The second-order valence-corrected chi connectivity index (χ2v) is 7.82. The summed E-state index contributed by atoms with van der Waals surface area (Å²) in [5.41, 5.74) is 7.70. The summed E-state index contributed by atoms with van der Waals surface area (Å²) < 4.78 is 6.49. The molecule has 0 aliphatic carbocycles. The van der Waals surface area contributed by atoms with E-state index in [4.69, 9.17) is 4.74 Å². The summed E-state index contributed by atoms with van der Waals surface area (Å²) in [7, 11) is 0. The third kappa shape index (κ3) is 5.03. The Morgan fingerprint density at radius 1 is 1.07 bits per heavy atom. The number of hydrogen-bond acceptors (Lipinski definition) is 4. The van der Waals surface area contributed by atoms with Gasteiger partial charge in [0.25, 0.3) is 0 Å². The van der Waals surface area contributed by atoms with E-state index >= 15 is 0 Å². The maximum absolute atomic E-state index is 12.9. The fourth-order valence-electron chi connectivity index (χ4n) is 3.55. The van der Waals surface area contributed by atoms with Crippen LogP contribution < -0.4 is 5.43 Å². The zero-order valence-electron chi connectivity index (χ0n) is 16.5. The summed E-state index contributed by atoms with van der Waals surface area (Å²) in [6, 6.07) is 18.4. The summed E-state index contributed by atoms with van der Waals surface area (Å²) in [5.74, 6) is -0.221. The van der Waals surface area contributed by atoms with E-state index < -0.39 is 0 Å². The maximum atomic E-state index is 12.9. The van der Waals surface area contributed by atoms with Crippen LogP contribution in [-0.2, 0) is 22.4 Å². The molecule has 0 saturated heterocycles. The average Bonchev–Trinajstić information content (AvgIpc) is 3.02. The quantitative estimate of drug-likeness (QED) is 0.604. The number of halogens is 1. The molecule has 5 heteroatoms. The van der Waals surface area contributed by atoms with Crippen molar-refractivity contribution in [1.82, 2.24) is 10.4 Å². The van der Waals surface area contributed by atoms with Gasteiger partial charge in [0, 0.05) is 23.1 Å². The van der Waals surface area contributed by atoms with Crippen molar-refractivity contribution in [2.24, 2.45) is 0 Å². The third-order valence-corrected chi connectivity index (χ3v) is 5.34. The zero-order chi connectivity index (χ0) is 19.9. The molecule has 148 valence electrons. The number of hydrogen-bond donors (Lipinski definition) is 1. The highest BCUT2D eigenvalue weighted by molar-refractivity contribution is 9.10. The first kappa shape index (κ1) is 20.6. The molecule has 0 saturated carbocycles. The number of hydrazine groups is 1. The second-order valence-electron chi connectivity index (χ2n) is 6.91. The highest BCUT2D eigenvalue weighted by Crippen LogP contribution is 2.28. The summed E-state index contributed by atoms with van der Waals surface area (Å²) >= 11 is 3.48. The van der Waals surface area contributed by atoms with Crippen molar-refractivity contribution in [3.63, 3.8) is 0 Å². The fraction of sp³-hybridized carbons (Fsp3) is 0.348. The average molecular weight is 443 g/mol. The molecular weight excluding hydrogens is 416 g/mol. The van der Waals surface area contributed by atoms with E-state index in [1.165, 1.54) is 11.1 Å². The van der Waals surface area contributed by atoms with Crippen LogP contribution in [0, 0.1) is 0 Å². The van der Waals surface area contributed by atoms with Crippen LogP contribution in [0.3, 0.4) is 0 Å². The Bertz CT molecular complexity index is 818. The lowest BCUT2D eigenvalue weighted by atomic mass is 9.97. The van der Waals surface area contributed by atoms with Crippen LogP contribution in [0.1, 0.15) is 31.4 Å². The lowest BCUT2D eigenvalue weighted by molar-refractivity contribution is -0.138. The highest BCUT2D eigenvalue weighted by atomic mass is 79.9. The summed E-state index contributed by atoms with van der Waals surface area (Å²) in [6.07, 6.45) is 2.44. The van der Waals surface area contributed by atoms with Crippen LogP contribution in [0.5, 0.6) is 0 Å². The number of benzene rings is 2. The fourth-order valence-corrected chi connectivity index (χ4v) is 3.82. The van der Waals surface area contributed by atoms with Gasteiger partial charge in [-0.05, 0) is 43.0 Å². The molecule has 2 aromatic rings. The van der Waals surface area contributed by atoms with Crippen LogP contribution >= 0.6 is 15.9 Å². The smallest absolute Gasteiger partial charge is 0.337 e. The van der Waals surface area contributed by atoms with Crippen molar-refractivity contribution >= 4 is 21.9 Å². The molecule has 28 heavy (non-hydrogen) atoms. The van der Waals surface area contributed by atoms with Crippen molar-refractivity contribution in [2.75, 3.05) is 13.2 Å². The monoisotopic (exact) mass is 442 g/mol. The van der Waals surface area contributed by atoms with Gasteiger partial charge in [0.1, 0.15) is 0 Å². The molecule has 0 radical (unpaired) electrons. The number of allylic oxidation sites excluding steroid dienone is 1. The Morgan fingerprint density at radius 3 is 2.43 bits per heavy atom. The van der Waals surface area contributed by atoms with Crippen LogP contribution in [0.15, 0.2) is 70.3 Å². The van der Waals surface area contributed by atoms with Gasteiger partial charge in [0.2, 0.25) is 0 Å². The minimum atomic E-state index is -0.221.